The quantitative estimate of drug-likeness (QED) is 0.634. The molecule has 1 aromatic carbocycles. The number of morpholine rings is 1. The van der Waals surface area contributed by atoms with E-state index < -0.39 is 11.9 Å². The topological polar surface area (TPSA) is 75.3 Å². The van der Waals surface area contributed by atoms with E-state index in [-0.39, 0.29) is 23.8 Å². The first-order valence-electron chi connectivity index (χ1n) is 10.6. The van der Waals surface area contributed by atoms with Gasteiger partial charge in [0.1, 0.15) is 35.8 Å². The standard InChI is InChI=1S/C22H24F3N5O2/c1-12-3-4-14-17(7-12)32-10-16(30-5-6-31-13(2)9-30)19(14)29-21-15-8-18(22(23,24)25)28-20(15)26-11-27-21/h3-4,7-8,11,13,16,19H,5-6,9-10H2,1-2H3,(H2,26,27,28,29). The van der Waals surface area contributed by atoms with Gasteiger partial charge in [-0.3, -0.25) is 4.90 Å². The summed E-state index contributed by atoms with van der Waals surface area (Å²) in [6, 6.07) is 6.79. The van der Waals surface area contributed by atoms with E-state index in [4.69, 9.17) is 9.47 Å². The second kappa shape index (κ2) is 7.93. The number of rotatable bonds is 3. The van der Waals surface area contributed by atoms with Gasteiger partial charge in [-0.15, -0.1) is 0 Å². The average molecular weight is 447 g/mol. The Hall–Kier alpha value is -2.85. The molecular formula is C22H24F3N5O2. The predicted molar refractivity (Wildman–Crippen MR) is 113 cm³/mol. The Balaban J connectivity index is 1.55. The molecule has 4 heterocycles. The third-order valence-corrected chi connectivity index (χ3v) is 6.06. The lowest BCUT2D eigenvalue weighted by atomic mass is 9.93. The number of hydrogen-bond donors (Lipinski definition) is 2. The van der Waals surface area contributed by atoms with Crippen LogP contribution in [0.3, 0.4) is 0 Å². The van der Waals surface area contributed by atoms with Gasteiger partial charge in [-0.1, -0.05) is 12.1 Å². The van der Waals surface area contributed by atoms with Crippen LogP contribution in [0.4, 0.5) is 19.0 Å². The van der Waals surface area contributed by atoms with Gasteiger partial charge < -0.3 is 19.8 Å². The van der Waals surface area contributed by atoms with Crippen molar-refractivity contribution in [3.8, 4) is 5.75 Å². The number of alkyl halides is 3. The van der Waals surface area contributed by atoms with Crippen LogP contribution < -0.4 is 10.1 Å². The molecule has 0 radical (unpaired) electrons. The summed E-state index contributed by atoms with van der Waals surface area (Å²) >= 11 is 0. The van der Waals surface area contributed by atoms with Crippen LogP contribution >= 0.6 is 0 Å². The highest BCUT2D eigenvalue weighted by molar-refractivity contribution is 5.88. The minimum absolute atomic E-state index is 0.0393. The molecule has 170 valence electrons. The normalized spacial score (nSPS) is 24.2. The van der Waals surface area contributed by atoms with Crippen molar-refractivity contribution in [3.63, 3.8) is 0 Å². The SMILES string of the molecule is Cc1ccc2c(c1)OCC(N1CCOC(C)C1)C2Nc1ncnc2[nH]c(C(F)(F)F)cc12. The summed E-state index contributed by atoms with van der Waals surface area (Å²) in [5.41, 5.74) is 1.32. The molecule has 2 aliphatic heterocycles. The van der Waals surface area contributed by atoms with E-state index in [0.29, 0.717) is 24.4 Å². The number of benzene rings is 1. The molecule has 3 atom stereocenters. The highest BCUT2D eigenvalue weighted by Crippen LogP contribution is 2.39. The molecule has 0 saturated carbocycles. The summed E-state index contributed by atoms with van der Waals surface area (Å²) in [5, 5.41) is 3.73. The molecule has 2 aliphatic rings. The molecule has 7 nitrogen and oxygen atoms in total. The Bertz CT molecular complexity index is 1130. The molecule has 10 heteroatoms. The minimum Gasteiger partial charge on any atom is -0.491 e. The lowest BCUT2D eigenvalue weighted by molar-refractivity contribution is -0.140. The van der Waals surface area contributed by atoms with Gasteiger partial charge in [-0.05, 0) is 31.5 Å². The fourth-order valence-corrected chi connectivity index (χ4v) is 4.49. The molecule has 2 N–H and O–H groups in total. The van der Waals surface area contributed by atoms with E-state index in [2.05, 4.69) is 25.2 Å². The smallest absolute Gasteiger partial charge is 0.431 e. The number of halogens is 3. The Labute approximate surface area is 182 Å². The third kappa shape index (κ3) is 3.88. The molecule has 0 bridgehead atoms. The summed E-state index contributed by atoms with van der Waals surface area (Å²) in [7, 11) is 0. The van der Waals surface area contributed by atoms with Gasteiger partial charge in [0.2, 0.25) is 0 Å². The average Bonchev–Trinajstić information content (AvgIpc) is 3.20. The Morgan fingerprint density at radius 3 is 2.84 bits per heavy atom. The van der Waals surface area contributed by atoms with E-state index in [1.54, 1.807) is 0 Å². The molecule has 32 heavy (non-hydrogen) atoms. The summed E-state index contributed by atoms with van der Waals surface area (Å²) in [6.07, 6.45) is -3.14. The maximum Gasteiger partial charge on any atom is 0.431 e. The van der Waals surface area contributed by atoms with Gasteiger partial charge >= 0.3 is 6.18 Å². The van der Waals surface area contributed by atoms with Crippen LogP contribution in [0.2, 0.25) is 0 Å². The summed E-state index contributed by atoms with van der Waals surface area (Å²) in [5.74, 6) is 1.13. The lowest BCUT2D eigenvalue weighted by Gasteiger charge is -2.43. The van der Waals surface area contributed by atoms with Crippen LogP contribution in [0.25, 0.3) is 11.0 Å². The fraction of sp³-hybridized carbons (Fsp3) is 0.455. The van der Waals surface area contributed by atoms with Crippen molar-refractivity contribution < 1.29 is 22.6 Å². The second-order valence-corrected chi connectivity index (χ2v) is 8.38. The molecule has 3 aromatic rings. The largest absolute Gasteiger partial charge is 0.491 e. The van der Waals surface area contributed by atoms with Gasteiger partial charge in [0, 0.05) is 18.7 Å². The van der Waals surface area contributed by atoms with Crippen molar-refractivity contribution in [1.29, 1.82) is 0 Å². The molecule has 0 aliphatic carbocycles. The number of hydrogen-bond acceptors (Lipinski definition) is 6. The molecule has 1 saturated heterocycles. The van der Waals surface area contributed by atoms with Crippen LogP contribution in [0.1, 0.15) is 29.8 Å². The molecular weight excluding hydrogens is 423 g/mol. The van der Waals surface area contributed by atoms with Crippen LogP contribution in [0.15, 0.2) is 30.6 Å². The van der Waals surface area contributed by atoms with E-state index in [9.17, 15) is 13.2 Å². The first-order valence-corrected chi connectivity index (χ1v) is 10.6. The molecule has 3 unspecified atom stereocenters. The monoisotopic (exact) mass is 447 g/mol. The predicted octanol–water partition coefficient (Wildman–Crippen LogP) is 3.92. The first kappa shape index (κ1) is 21.0. The van der Waals surface area contributed by atoms with Gasteiger partial charge in [-0.2, -0.15) is 13.2 Å². The Morgan fingerprint density at radius 1 is 1.22 bits per heavy atom. The van der Waals surface area contributed by atoms with Crippen molar-refractivity contribution >= 4 is 16.9 Å². The molecule has 5 rings (SSSR count). The van der Waals surface area contributed by atoms with Crippen molar-refractivity contribution in [1.82, 2.24) is 19.9 Å². The van der Waals surface area contributed by atoms with E-state index in [1.165, 1.54) is 6.33 Å². The molecule has 0 amide bonds. The summed E-state index contributed by atoms with van der Waals surface area (Å²) < 4.78 is 51.6. The number of aryl methyl sites for hydroxylation is 1. The maximum atomic E-state index is 13.3. The summed E-state index contributed by atoms with van der Waals surface area (Å²) in [4.78, 5) is 12.9. The van der Waals surface area contributed by atoms with E-state index >= 15 is 0 Å². The van der Waals surface area contributed by atoms with Gasteiger partial charge in [-0.25, -0.2) is 9.97 Å². The maximum absolute atomic E-state index is 13.3. The second-order valence-electron chi connectivity index (χ2n) is 8.38. The fourth-order valence-electron chi connectivity index (χ4n) is 4.49. The van der Waals surface area contributed by atoms with Crippen molar-refractivity contribution in [3.05, 3.63) is 47.4 Å². The highest BCUT2D eigenvalue weighted by atomic mass is 19.4. The number of nitrogens with one attached hydrogen (secondary N) is 2. The van der Waals surface area contributed by atoms with E-state index in [1.807, 2.05) is 32.0 Å². The minimum atomic E-state index is -4.49. The zero-order valence-corrected chi connectivity index (χ0v) is 17.7. The number of fused-ring (bicyclic) bond motifs is 2. The van der Waals surface area contributed by atoms with Crippen molar-refractivity contribution in [2.75, 3.05) is 31.6 Å². The van der Waals surface area contributed by atoms with Crippen LogP contribution in [0, 0.1) is 6.92 Å². The third-order valence-electron chi connectivity index (χ3n) is 6.06. The van der Waals surface area contributed by atoms with Crippen LogP contribution in [-0.2, 0) is 10.9 Å². The number of aromatic nitrogens is 3. The van der Waals surface area contributed by atoms with Gasteiger partial charge in [0.25, 0.3) is 0 Å². The molecule has 0 spiro atoms. The Morgan fingerprint density at radius 2 is 2.06 bits per heavy atom. The van der Waals surface area contributed by atoms with Crippen molar-refractivity contribution in [2.24, 2.45) is 0 Å². The van der Waals surface area contributed by atoms with E-state index in [0.717, 1.165) is 36.0 Å². The molecule has 1 fully saturated rings. The van der Waals surface area contributed by atoms with Crippen molar-refractivity contribution in [2.45, 2.75) is 38.2 Å². The highest BCUT2D eigenvalue weighted by Gasteiger charge is 2.38. The summed E-state index contributed by atoms with van der Waals surface area (Å²) in [6.45, 7) is 6.59. The first-order chi connectivity index (χ1) is 15.3. The number of anilines is 1. The van der Waals surface area contributed by atoms with Gasteiger partial charge in [0.05, 0.1) is 30.2 Å². The van der Waals surface area contributed by atoms with Crippen LogP contribution in [0.5, 0.6) is 5.75 Å². The van der Waals surface area contributed by atoms with Crippen LogP contribution in [-0.4, -0.2) is 58.3 Å². The number of aromatic amines is 1. The number of H-pyrrole nitrogens is 1. The lowest BCUT2D eigenvalue weighted by Crippen LogP contribution is -2.54. The molecule has 2 aromatic heterocycles. The number of nitrogens with zero attached hydrogens (tertiary/aromatic N) is 3. The number of ether oxygens (including phenoxy) is 2. The zero-order valence-electron chi connectivity index (χ0n) is 17.7. The zero-order chi connectivity index (χ0) is 22.5. The van der Waals surface area contributed by atoms with Gasteiger partial charge in [0.15, 0.2) is 0 Å². The Kier molecular flexibility index (Phi) is 5.21.